The number of rotatable bonds is 2. The highest BCUT2D eigenvalue weighted by molar-refractivity contribution is 7.89. The number of aliphatic carboxylic acids is 1. The van der Waals surface area contributed by atoms with E-state index < -0.39 is 28.0 Å². The summed E-state index contributed by atoms with van der Waals surface area (Å²) in [5.74, 6) is -1.59. The van der Waals surface area contributed by atoms with Gasteiger partial charge in [-0.15, -0.1) is 0 Å². The molecule has 2 aliphatic heterocycles. The average molecular weight is 235 g/mol. The summed E-state index contributed by atoms with van der Waals surface area (Å²) in [6, 6.07) is -0.519. The molecule has 0 amide bonds. The largest absolute Gasteiger partial charge is 0.481 e. The molecule has 0 aromatic rings. The number of hydrogen-bond donors (Lipinski definition) is 1. The highest BCUT2D eigenvalue weighted by atomic mass is 32.2. The molecule has 0 saturated carbocycles. The molecule has 2 heterocycles. The van der Waals surface area contributed by atoms with Gasteiger partial charge in [-0.1, -0.05) is 0 Å². The lowest BCUT2D eigenvalue weighted by atomic mass is 10.0. The Morgan fingerprint density at radius 2 is 2.13 bits per heavy atom. The van der Waals surface area contributed by atoms with Gasteiger partial charge in [-0.25, -0.2) is 8.42 Å². The van der Waals surface area contributed by atoms with E-state index in [2.05, 4.69) is 0 Å². The Kier molecular flexibility index (Phi) is 2.70. The molecule has 2 aliphatic rings. The van der Waals surface area contributed by atoms with E-state index in [4.69, 9.17) is 9.84 Å². The number of ether oxygens (including phenoxy) is 1. The summed E-state index contributed by atoms with van der Waals surface area (Å²) in [6.07, 6.45) is 0.575. The second-order valence-corrected chi connectivity index (χ2v) is 5.87. The number of carboxylic acids is 1. The lowest BCUT2D eigenvalue weighted by Crippen LogP contribution is -2.43. The third-order valence-corrected chi connectivity index (χ3v) is 4.85. The molecule has 0 spiro atoms. The molecule has 2 fully saturated rings. The lowest BCUT2D eigenvalue weighted by Gasteiger charge is -2.23. The normalized spacial score (nSPS) is 35.7. The fraction of sp³-hybridized carbons (Fsp3) is 0.875. The van der Waals surface area contributed by atoms with Gasteiger partial charge in [-0.2, -0.15) is 4.31 Å². The van der Waals surface area contributed by atoms with Gasteiger partial charge < -0.3 is 9.84 Å². The molecule has 0 aliphatic carbocycles. The molecule has 7 heteroatoms. The Bertz CT molecular complexity index is 365. The SMILES string of the molecule is O=C(O)C1COCC1N1CCCS1(=O)=O. The summed E-state index contributed by atoms with van der Waals surface area (Å²) in [5.41, 5.74) is 0. The molecule has 0 aromatic heterocycles. The third-order valence-electron chi connectivity index (χ3n) is 2.88. The molecule has 2 saturated heterocycles. The minimum atomic E-state index is -3.25. The Morgan fingerprint density at radius 1 is 1.40 bits per heavy atom. The first-order valence-corrected chi connectivity index (χ1v) is 6.43. The monoisotopic (exact) mass is 235 g/mol. The summed E-state index contributed by atoms with van der Waals surface area (Å²) < 4.78 is 29.5. The Hall–Kier alpha value is -0.660. The number of carboxylic acid groups (broad SMARTS) is 1. The fourth-order valence-corrected chi connectivity index (χ4v) is 3.85. The van der Waals surface area contributed by atoms with Gasteiger partial charge in [0.2, 0.25) is 10.0 Å². The number of carbonyl (C=O) groups is 1. The zero-order valence-corrected chi connectivity index (χ0v) is 8.94. The van der Waals surface area contributed by atoms with Crippen LogP contribution in [0.25, 0.3) is 0 Å². The van der Waals surface area contributed by atoms with Crippen molar-refractivity contribution in [2.45, 2.75) is 12.5 Å². The molecule has 2 atom stereocenters. The van der Waals surface area contributed by atoms with Gasteiger partial charge in [0.15, 0.2) is 0 Å². The van der Waals surface area contributed by atoms with Gasteiger partial charge in [-0.05, 0) is 6.42 Å². The van der Waals surface area contributed by atoms with Crippen LogP contribution in [0.1, 0.15) is 6.42 Å². The van der Waals surface area contributed by atoms with Crippen molar-refractivity contribution in [3.63, 3.8) is 0 Å². The number of hydrogen-bond acceptors (Lipinski definition) is 4. The Morgan fingerprint density at radius 3 is 2.67 bits per heavy atom. The van der Waals surface area contributed by atoms with E-state index in [0.29, 0.717) is 13.0 Å². The minimum absolute atomic E-state index is 0.103. The van der Waals surface area contributed by atoms with Crippen LogP contribution >= 0.6 is 0 Å². The van der Waals surface area contributed by atoms with Gasteiger partial charge >= 0.3 is 5.97 Å². The van der Waals surface area contributed by atoms with Crippen molar-refractivity contribution in [2.75, 3.05) is 25.5 Å². The van der Waals surface area contributed by atoms with E-state index in [1.165, 1.54) is 4.31 Å². The zero-order valence-electron chi connectivity index (χ0n) is 8.13. The van der Waals surface area contributed by atoms with Gasteiger partial charge in [0.25, 0.3) is 0 Å². The Balaban J connectivity index is 2.20. The second-order valence-electron chi connectivity index (χ2n) is 3.83. The molecule has 2 unspecified atom stereocenters. The zero-order chi connectivity index (χ0) is 11.1. The van der Waals surface area contributed by atoms with E-state index in [1.807, 2.05) is 0 Å². The van der Waals surface area contributed by atoms with Gasteiger partial charge in [-0.3, -0.25) is 4.79 Å². The predicted octanol–water partition coefficient (Wildman–Crippen LogP) is -0.878. The molecule has 15 heavy (non-hydrogen) atoms. The van der Waals surface area contributed by atoms with E-state index in [0.717, 1.165) is 0 Å². The first-order valence-electron chi connectivity index (χ1n) is 4.82. The van der Waals surface area contributed by atoms with Crippen LogP contribution in [0.4, 0.5) is 0 Å². The predicted molar refractivity (Wildman–Crippen MR) is 50.8 cm³/mol. The molecule has 0 bridgehead atoms. The van der Waals surface area contributed by atoms with Crippen LogP contribution in [0, 0.1) is 5.92 Å². The summed E-state index contributed by atoms with van der Waals surface area (Å²) in [5, 5.41) is 8.91. The topological polar surface area (TPSA) is 83.9 Å². The van der Waals surface area contributed by atoms with Crippen molar-refractivity contribution in [1.29, 1.82) is 0 Å². The molecule has 0 radical (unpaired) electrons. The maximum Gasteiger partial charge on any atom is 0.310 e. The molecule has 0 aromatic carbocycles. The van der Waals surface area contributed by atoms with Gasteiger partial charge in [0.1, 0.15) is 0 Å². The summed E-state index contributed by atoms with van der Waals surface area (Å²) in [7, 11) is -3.25. The molecular weight excluding hydrogens is 222 g/mol. The van der Waals surface area contributed by atoms with Crippen LogP contribution in [0.2, 0.25) is 0 Å². The van der Waals surface area contributed by atoms with Crippen LogP contribution in [-0.4, -0.2) is 55.4 Å². The van der Waals surface area contributed by atoms with E-state index >= 15 is 0 Å². The summed E-state index contributed by atoms with van der Waals surface area (Å²) >= 11 is 0. The molecule has 86 valence electrons. The maximum absolute atomic E-state index is 11.6. The highest BCUT2D eigenvalue weighted by Crippen LogP contribution is 2.26. The fourth-order valence-electron chi connectivity index (χ4n) is 2.09. The first kappa shape index (κ1) is 10.8. The van der Waals surface area contributed by atoms with Crippen LogP contribution in [0.3, 0.4) is 0 Å². The van der Waals surface area contributed by atoms with Gasteiger partial charge in [0.05, 0.1) is 30.9 Å². The van der Waals surface area contributed by atoms with Crippen molar-refractivity contribution >= 4 is 16.0 Å². The quantitative estimate of drug-likeness (QED) is 0.672. The van der Waals surface area contributed by atoms with Crippen molar-refractivity contribution in [1.82, 2.24) is 4.31 Å². The second kappa shape index (κ2) is 3.73. The highest BCUT2D eigenvalue weighted by Gasteiger charge is 2.44. The smallest absolute Gasteiger partial charge is 0.310 e. The van der Waals surface area contributed by atoms with E-state index in [9.17, 15) is 13.2 Å². The maximum atomic E-state index is 11.6. The van der Waals surface area contributed by atoms with Crippen molar-refractivity contribution in [3.8, 4) is 0 Å². The minimum Gasteiger partial charge on any atom is -0.481 e. The Labute approximate surface area is 87.9 Å². The molecule has 6 nitrogen and oxygen atoms in total. The summed E-state index contributed by atoms with van der Waals surface area (Å²) in [4.78, 5) is 10.9. The first-order chi connectivity index (χ1) is 7.02. The van der Waals surface area contributed by atoms with Crippen molar-refractivity contribution in [2.24, 2.45) is 5.92 Å². The molecule has 1 N–H and O–H groups in total. The van der Waals surface area contributed by atoms with Crippen molar-refractivity contribution < 1.29 is 23.1 Å². The summed E-state index contributed by atoms with van der Waals surface area (Å²) in [6.45, 7) is 0.711. The van der Waals surface area contributed by atoms with Gasteiger partial charge in [0, 0.05) is 6.54 Å². The number of nitrogens with zero attached hydrogens (tertiary/aromatic N) is 1. The molecular formula is C8H13NO5S. The van der Waals surface area contributed by atoms with E-state index in [-0.39, 0.29) is 19.0 Å². The standard InChI is InChI=1S/C8H13NO5S/c10-8(11)6-4-14-5-7(6)9-2-1-3-15(9,12)13/h6-7H,1-5H2,(H,10,11). The average Bonchev–Trinajstić information content (AvgIpc) is 2.69. The van der Waals surface area contributed by atoms with E-state index in [1.54, 1.807) is 0 Å². The third kappa shape index (κ3) is 1.86. The van der Waals surface area contributed by atoms with Crippen LogP contribution in [0.5, 0.6) is 0 Å². The van der Waals surface area contributed by atoms with Crippen molar-refractivity contribution in [3.05, 3.63) is 0 Å². The van der Waals surface area contributed by atoms with Crippen LogP contribution in [-0.2, 0) is 19.6 Å². The lowest BCUT2D eigenvalue weighted by molar-refractivity contribution is -0.142. The molecule has 2 rings (SSSR count). The van der Waals surface area contributed by atoms with Crippen LogP contribution < -0.4 is 0 Å². The van der Waals surface area contributed by atoms with Crippen LogP contribution in [0.15, 0.2) is 0 Å². The number of sulfonamides is 1.